The lowest BCUT2D eigenvalue weighted by Crippen LogP contribution is -2.37. The molecule has 10 heteroatoms. The highest BCUT2D eigenvalue weighted by Gasteiger charge is 2.31. The number of anilines is 2. The highest BCUT2D eigenvalue weighted by atomic mass is 79.9. The lowest BCUT2D eigenvalue weighted by atomic mass is 10.1. The van der Waals surface area contributed by atoms with Crippen LogP contribution in [0.4, 0.5) is 11.5 Å². The first-order valence-electron chi connectivity index (χ1n) is 9.54. The van der Waals surface area contributed by atoms with Gasteiger partial charge in [0, 0.05) is 4.47 Å². The third-order valence-corrected chi connectivity index (χ3v) is 6.38. The molecule has 1 atom stereocenters. The molecule has 4 aromatic rings. The third kappa shape index (κ3) is 4.38. The zero-order valence-electron chi connectivity index (χ0n) is 16.9. The average Bonchev–Trinajstić information content (AvgIpc) is 3.21. The minimum absolute atomic E-state index is 0.376. The van der Waals surface area contributed by atoms with Gasteiger partial charge in [-0.2, -0.15) is 4.37 Å². The fraction of sp³-hybridized carbons (Fsp3) is 0.136. The number of fused-ring (bicyclic) bond motifs is 1. The van der Waals surface area contributed by atoms with Crippen molar-refractivity contribution in [2.24, 2.45) is 4.99 Å². The van der Waals surface area contributed by atoms with Crippen molar-refractivity contribution in [3.63, 3.8) is 0 Å². The first kappa shape index (κ1) is 22.0. The van der Waals surface area contributed by atoms with Crippen LogP contribution in [-0.4, -0.2) is 48.9 Å². The summed E-state index contributed by atoms with van der Waals surface area (Å²) in [7, 11) is 0. The number of hydrogen-bond acceptors (Lipinski definition) is 8. The van der Waals surface area contributed by atoms with Gasteiger partial charge in [-0.25, -0.2) is 14.8 Å². The summed E-state index contributed by atoms with van der Waals surface area (Å²) in [5.41, 5.74) is 2.31. The summed E-state index contributed by atoms with van der Waals surface area (Å²) in [6.07, 6.45) is 2.78. The standard InChI is InChI=1S/C22H18BrN5O3S/c1-22(12-29,21(30)31)25-11-14-10-24-18-19(28-32-20(18)26-14)27-16-9-5-8-15(17(16)23)13-6-3-2-4-7-13/h2-11,29H,12H2,1H3,(H,27,28)(H,30,31). The topological polar surface area (TPSA) is 121 Å². The molecule has 162 valence electrons. The van der Waals surface area contributed by atoms with Crippen molar-refractivity contribution in [3.05, 3.63) is 64.9 Å². The van der Waals surface area contributed by atoms with Crippen LogP contribution in [0.15, 0.2) is 64.2 Å². The van der Waals surface area contributed by atoms with Gasteiger partial charge in [-0.05, 0) is 51.6 Å². The fourth-order valence-corrected chi connectivity index (χ4v) is 4.14. The highest BCUT2D eigenvalue weighted by Crippen LogP contribution is 2.36. The molecule has 0 aliphatic rings. The molecule has 0 bridgehead atoms. The number of benzene rings is 2. The maximum Gasteiger partial charge on any atom is 0.333 e. The van der Waals surface area contributed by atoms with Crippen molar-refractivity contribution < 1.29 is 15.0 Å². The van der Waals surface area contributed by atoms with Crippen molar-refractivity contribution in [2.45, 2.75) is 12.5 Å². The van der Waals surface area contributed by atoms with E-state index in [2.05, 4.69) is 40.6 Å². The number of carboxylic acids is 1. The molecule has 8 nitrogen and oxygen atoms in total. The maximum atomic E-state index is 11.3. The predicted molar refractivity (Wildman–Crippen MR) is 129 cm³/mol. The minimum atomic E-state index is -1.63. The van der Waals surface area contributed by atoms with Gasteiger partial charge in [0.05, 0.1) is 24.7 Å². The van der Waals surface area contributed by atoms with Crippen LogP contribution in [0.25, 0.3) is 21.5 Å². The average molecular weight is 512 g/mol. The monoisotopic (exact) mass is 511 g/mol. The van der Waals surface area contributed by atoms with E-state index in [1.54, 1.807) is 0 Å². The lowest BCUT2D eigenvalue weighted by molar-refractivity contribution is -0.143. The van der Waals surface area contributed by atoms with E-state index in [1.807, 2.05) is 48.5 Å². The number of carboxylic acid groups (broad SMARTS) is 1. The Labute approximate surface area is 196 Å². The number of aliphatic imine (C=N–C) groups is 1. The Morgan fingerprint density at radius 3 is 2.75 bits per heavy atom. The number of hydrogen-bond donors (Lipinski definition) is 3. The number of aliphatic hydroxyl groups is 1. The summed E-state index contributed by atoms with van der Waals surface area (Å²) in [5.74, 6) is -0.657. The molecule has 0 radical (unpaired) electrons. The predicted octanol–water partition coefficient (Wildman–Crippen LogP) is 4.51. The summed E-state index contributed by atoms with van der Waals surface area (Å²) < 4.78 is 5.34. The van der Waals surface area contributed by atoms with Crippen LogP contribution in [0.3, 0.4) is 0 Å². The van der Waals surface area contributed by atoms with E-state index in [1.165, 1.54) is 30.9 Å². The molecule has 0 spiro atoms. The van der Waals surface area contributed by atoms with E-state index < -0.39 is 18.1 Å². The lowest BCUT2D eigenvalue weighted by Gasteiger charge is -2.15. The van der Waals surface area contributed by atoms with Gasteiger partial charge in [-0.3, -0.25) is 4.99 Å². The van der Waals surface area contributed by atoms with Crippen molar-refractivity contribution >= 4 is 61.5 Å². The number of rotatable bonds is 7. The normalized spacial score (nSPS) is 13.3. The molecule has 0 amide bonds. The van der Waals surface area contributed by atoms with Gasteiger partial charge in [-0.1, -0.05) is 42.5 Å². The fourth-order valence-electron chi connectivity index (χ4n) is 2.86. The molecular formula is C22H18BrN5O3S. The molecule has 0 fully saturated rings. The van der Waals surface area contributed by atoms with Gasteiger partial charge in [-0.15, -0.1) is 0 Å². The Kier molecular flexibility index (Phi) is 6.26. The van der Waals surface area contributed by atoms with Crippen LogP contribution in [0.1, 0.15) is 12.6 Å². The van der Waals surface area contributed by atoms with Gasteiger partial charge in [0.25, 0.3) is 0 Å². The molecule has 2 heterocycles. The molecule has 0 aliphatic carbocycles. The third-order valence-electron chi connectivity index (χ3n) is 4.79. The van der Waals surface area contributed by atoms with Crippen LogP contribution in [-0.2, 0) is 4.79 Å². The van der Waals surface area contributed by atoms with E-state index in [0.717, 1.165) is 21.3 Å². The molecule has 0 saturated carbocycles. The Morgan fingerprint density at radius 1 is 1.25 bits per heavy atom. The zero-order valence-corrected chi connectivity index (χ0v) is 19.3. The quantitative estimate of drug-likeness (QED) is 0.312. The van der Waals surface area contributed by atoms with Crippen molar-refractivity contribution in [1.29, 1.82) is 0 Å². The number of aromatic nitrogens is 3. The molecule has 2 aromatic heterocycles. The van der Waals surface area contributed by atoms with Crippen LogP contribution in [0.2, 0.25) is 0 Å². The number of nitrogens with one attached hydrogen (secondary N) is 1. The smallest absolute Gasteiger partial charge is 0.333 e. The Hall–Kier alpha value is -3.21. The van der Waals surface area contributed by atoms with Gasteiger partial charge in [0.1, 0.15) is 11.2 Å². The molecule has 3 N–H and O–H groups in total. The van der Waals surface area contributed by atoms with Crippen molar-refractivity contribution in [3.8, 4) is 11.1 Å². The van der Waals surface area contributed by atoms with Crippen LogP contribution >= 0.6 is 27.5 Å². The van der Waals surface area contributed by atoms with Crippen LogP contribution < -0.4 is 5.32 Å². The number of nitrogens with zero attached hydrogens (tertiary/aromatic N) is 4. The second kappa shape index (κ2) is 9.11. The van der Waals surface area contributed by atoms with Crippen LogP contribution in [0, 0.1) is 0 Å². The summed E-state index contributed by atoms with van der Waals surface area (Å²) in [6, 6.07) is 16.0. The Morgan fingerprint density at radius 2 is 2.03 bits per heavy atom. The molecule has 4 rings (SSSR count). The summed E-state index contributed by atoms with van der Waals surface area (Å²) in [5, 5.41) is 21.8. The first-order chi connectivity index (χ1) is 15.4. The van der Waals surface area contributed by atoms with Gasteiger partial charge in [0.15, 0.2) is 16.2 Å². The Bertz CT molecular complexity index is 1310. The molecule has 2 aromatic carbocycles. The van der Waals surface area contributed by atoms with Crippen LogP contribution in [0.5, 0.6) is 0 Å². The second-order valence-corrected chi connectivity index (χ2v) is 8.68. The van der Waals surface area contributed by atoms with Gasteiger partial charge in [0.2, 0.25) is 0 Å². The number of carbonyl (C=O) groups is 1. The van der Waals surface area contributed by atoms with Crippen molar-refractivity contribution in [1.82, 2.24) is 14.3 Å². The molecular weight excluding hydrogens is 494 g/mol. The molecule has 32 heavy (non-hydrogen) atoms. The second-order valence-electron chi connectivity index (χ2n) is 7.13. The van der Waals surface area contributed by atoms with Crippen molar-refractivity contribution in [2.75, 3.05) is 11.9 Å². The maximum absolute atomic E-state index is 11.3. The number of aliphatic carboxylic acids is 1. The Balaban J connectivity index is 1.62. The van der Waals surface area contributed by atoms with Gasteiger partial charge >= 0.3 is 5.97 Å². The van der Waals surface area contributed by atoms with E-state index in [9.17, 15) is 15.0 Å². The van der Waals surface area contributed by atoms with E-state index in [-0.39, 0.29) is 0 Å². The minimum Gasteiger partial charge on any atom is -0.479 e. The zero-order chi connectivity index (χ0) is 22.7. The largest absolute Gasteiger partial charge is 0.479 e. The van der Waals surface area contributed by atoms with E-state index >= 15 is 0 Å². The van der Waals surface area contributed by atoms with E-state index in [0.29, 0.717) is 21.9 Å². The first-order valence-corrected chi connectivity index (χ1v) is 11.1. The summed E-state index contributed by atoms with van der Waals surface area (Å²) in [6.45, 7) is 0.702. The van der Waals surface area contributed by atoms with Gasteiger partial charge < -0.3 is 15.5 Å². The summed E-state index contributed by atoms with van der Waals surface area (Å²) in [4.78, 5) is 24.7. The summed E-state index contributed by atoms with van der Waals surface area (Å²) >= 11 is 4.86. The molecule has 0 aliphatic heterocycles. The number of aliphatic hydroxyl groups excluding tert-OH is 1. The highest BCUT2D eigenvalue weighted by molar-refractivity contribution is 9.10. The molecule has 0 saturated heterocycles. The SMILES string of the molecule is CC(CO)(N=Cc1cnc2c(Nc3cccc(-c4ccccc4)c3Br)nsc2n1)C(=O)O. The number of halogens is 1. The van der Waals surface area contributed by atoms with E-state index in [4.69, 9.17) is 0 Å². The molecule has 1 unspecified atom stereocenters.